The van der Waals surface area contributed by atoms with E-state index in [1.807, 2.05) is 0 Å². The van der Waals surface area contributed by atoms with E-state index in [9.17, 15) is 39.3 Å². The number of phenols is 2. The largest absolute Gasteiger partial charge is 0.507 e. The van der Waals surface area contributed by atoms with E-state index < -0.39 is 76.9 Å². The number of rotatable bonds is 24. The van der Waals surface area contributed by atoms with Gasteiger partial charge in [0.1, 0.15) is 40.8 Å². The van der Waals surface area contributed by atoms with Gasteiger partial charge in [0.05, 0.1) is 45.3 Å². The minimum atomic E-state index is -1.69. The molecule has 17 heteroatoms. The third-order valence-corrected chi connectivity index (χ3v) is 11.7. The van der Waals surface area contributed by atoms with Crippen LogP contribution in [-0.4, -0.2) is 90.4 Å². The molecule has 0 aliphatic heterocycles. The lowest BCUT2D eigenvalue weighted by Gasteiger charge is -2.39. The second kappa shape index (κ2) is 24.8. The average Bonchev–Trinajstić information content (AvgIpc) is 3.30. The van der Waals surface area contributed by atoms with Crippen molar-refractivity contribution in [1.29, 1.82) is 0 Å². The number of methoxy groups -OCH3 is 3. The van der Waals surface area contributed by atoms with Crippen molar-refractivity contribution in [2.24, 2.45) is 28.9 Å². The SMILES string of the molecule is COc1ccc(CNC(C(=O)NC(C(=O)NCc2ccc(OC)cc2O)C(C)C)C(O)C(Cc2ccccc2)NC(=O)[C](C(C(=O)NCc2ccc(OC)cc2O)C(C)C(N)=O)C(C)(C)C)cc1. The Morgan fingerprint density at radius 2 is 1.15 bits per heavy atom. The van der Waals surface area contributed by atoms with Crippen LogP contribution in [0.25, 0.3) is 0 Å². The van der Waals surface area contributed by atoms with Crippen molar-refractivity contribution >= 4 is 29.5 Å². The topological polar surface area (TPSA) is 260 Å². The number of carbonyl (C=O) groups excluding carboxylic acids is 5. The number of hydrogen-bond acceptors (Lipinski definition) is 12. The molecule has 0 heterocycles. The number of aliphatic hydroxyl groups is 1. The number of aromatic hydroxyl groups is 2. The molecule has 0 aromatic heterocycles. The second-order valence-corrected chi connectivity index (χ2v) is 18.0. The van der Waals surface area contributed by atoms with E-state index in [1.54, 1.807) is 113 Å². The van der Waals surface area contributed by atoms with Crippen molar-refractivity contribution in [3.8, 4) is 28.7 Å². The Balaban J connectivity index is 1.72. The van der Waals surface area contributed by atoms with Crippen LogP contribution in [0.2, 0.25) is 0 Å². The highest BCUT2D eigenvalue weighted by Gasteiger charge is 2.48. The van der Waals surface area contributed by atoms with Crippen LogP contribution in [0.4, 0.5) is 0 Å². The molecule has 5 amide bonds. The molecular weight excluding hydrogens is 873 g/mol. The fraction of sp³-hybridized carbons (Fsp3) is 0.412. The number of aliphatic hydroxyl groups excluding tert-OH is 1. The van der Waals surface area contributed by atoms with Crippen molar-refractivity contribution in [3.05, 3.63) is 119 Å². The van der Waals surface area contributed by atoms with Gasteiger partial charge >= 0.3 is 0 Å². The third-order valence-electron chi connectivity index (χ3n) is 11.7. The summed E-state index contributed by atoms with van der Waals surface area (Å²) in [6, 6.07) is 21.4. The molecular formula is C51H67N6O11. The molecule has 0 spiro atoms. The number of carbonyl (C=O) groups is 5. The maximum Gasteiger partial charge on any atom is 0.243 e. The molecule has 68 heavy (non-hydrogen) atoms. The molecule has 10 N–H and O–H groups in total. The van der Waals surface area contributed by atoms with Crippen molar-refractivity contribution in [2.45, 2.75) is 91.8 Å². The van der Waals surface area contributed by atoms with E-state index >= 15 is 0 Å². The summed E-state index contributed by atoms with van der Waals surface area (Å²) in [7, 11) is 4.44. The van der Waals surface area contributed by atoms with Crippen molar-refractivity contribution in [1.82, 2.24) is 26.6 Å². The number of primary amides is 1. The first-order valence-corrected chi connectivity index (χ1v) is 22.3. The van der Waals surface area contributed by atoms with Crippen molar-refractivity contribution < 1.29 is 53.5 Å². The Kier molecular flexibility index (Phi) is 19.6. The molecule has 4 aromatic carbocycles. The van der Waals surface area contributed by atoms with E-state index in [4.69, 9.17) is 19.9 Å². The summed E-state index contributed by atoms with van der Waals surface area (Å²) in [4.78, 5) is 70.5. The second-order valence-electron chi connectivity index (χ2n) is 18.0. The molecule has 0 aliphatic carbocycles. The van der Waals surface area contributed by atoms with Gasteiger partial charge in [0.25, 0.3) is 0 Å². The molecule has 17 nitrogen and oxygen atoms in total. The first kappa shape index (κ1) is 53.8. The Morgan fingerprint density at radius 1 is 0.632 bits per heavy atom. The molecule has 6 unspecified atom stereocenters. The summed E-state index contributed by atoms with van der Waals surface area (Å²) in [5.74, 6) is -5.58. The molecule has 367 valence electrons. The predicted octanol–water partition coefficient (Wildman–Crippen LogP) is 3.80. The number of nitrogens with two attached hydrogens (primary N) is 1. The van der Waals surface area contributed by atoms with Gasteiger partial charge in [0.2, 0.25) is 29.5 Å². The van der Waals surface area contributed by atoms with Gasteiger partial charge in [-0.15, -0.1) is 0 Å². The fourth-order valence-electron chi connectivity index (χ4n) is 7.67. The molecule has 4 rings (SSSR count). The smallest absolute Gasteiger partial charge is 0.243 e. The zero-order valence-corrected chi connectivity index (χ0v) is 40.2. The van der Waals surface area contributed by atoms with Crippen LogP contribution in [-0.2, 0) is 50.0 Å². The first-order valence-electron chi connectivity index (χ1n) is 22.3. The molecule has 0 saturated heterocycles. The van der Waals surface area contributed by atoms with Crippen molar-refractivity contribution in [2.75, 3.05) is 21.3 Å². The number of amides is 5. The highest BCUT2D eigenvalue weighted by Crippen LogP contribution is 2.39. The van der Waals surface area contributed by atoms with Crippen LogP contribution >= 0.6 is 0 Å². The highest BCUT2D eigenvalue weighted by atomic mass is 16.5. The Morgan fingerprint density at radius 3 is 1.62 bits per heavy atom. The molecule has 1 radical (unpaired) electrons. The summed E-state index contributed by atoms with van der Waals surface area (Å²) < 4.78 is 15.6. The monoisotopic (exact) mass is 939 g/mol. The first-order chi connectivity index (χ1) is 32.2. The van der Waals surface area contributed by atoms with Gasteiger partial charge in [0, 0.05) is 48.8 Å². The van der Waals surface area contributed by atoms with Crippen LogP contribution in [0.5, 0.6) is 28.7 Å². The zero-order chi connectivity index (χ0) is 50.3. The van der Waals surface area contributed by atoms with Crippen LogP contribution in [0.1, 0.15) is 63.8 Å². The Hall–Kier alpha value is -6.85. The molecule has 0 saturated carbocycles. The maximum absolute atomic E-state index is 14.9. The predicted molar refractivity (Wildman–Crippen MR) is 256 cm³/mol. The van der Waals surface area contributed by atoms with Crippen LogP contribution < -0.4 is 46.5 Å². The summed E-state index contributed by atoms with van der Waals surface area (Å²) in [5, 5.41) is 48.1. The van der Waals surface area contributed by atoms with Gasteiger partial charge in [0.15, 0.2) is 0 Å². The Bertz CT molecular complexity index is 2320. The third kappa shape index (κ3) is 14.8. The minimum absolute atomic E-state index is 0.00238. The summed E-state index contributed by atoms with van der Waals surface area (Å²) in [6.07, 6.45) is -1.69. The van der Waals surface area contributed by atoms with Crippen LogP contribution in [0, 0.1) is 29.1 Å². The number of nitrogens with one attached hydrogen (secondary N) is 5. The summed E-state index contributed by atoms with van der Waals surface area (Å²) in [6.45, 7) is 9.86. The van der Waals surface area contributed by atoms with Gasteiger partial charge in [-0.2, -0.15) is 0 Å². The van der Waals surface area contributed by atoms with E-state index in [-0.39, 0.29) is 43.5 Å². The van der Waals surface area contributed by atoms with Gasteiger partial charge in [-0.3, -0.25) is 29.3 Å². The minimum Gasteiger partial charge on any atom is -0.507 e. The fourth-order valence-corrected chi connectivity index (χ4v) is 7.67. The lowest BCUT2D eigenvalue weighted by molar-refractivity contribution is -0.136. The number of benzene rings is 4. The quantitative estimate of drug-likeness (QED) is 0.0486. The van der Waals surface area contributed by atoms with E-state index in [2.05, 4.69) is 26.6 Å². The number of phenolic OH excluding ortho intramolecular Hbond substituents is 2. The summed E-state index contributed by atoms with van der Waals surface area (Å²) >= 11 is 0. The highest BCUT2D eigenvalue weighted by molar-refractivity contribution is 6.00. The molecule has 0 aliphatic rings. The van der Waals surface area contributed by atoms with Gasteiger partial charge in [-0.05, 0) is 65.3 Å². The van der Waals surface area contributed by atoms with E-state index in [1.165, 1.54) is 40.4 Å². The maximum atomic E-state index is 14.9. The summed E-state index contributed by atoms with van der Waals surface area (Å²) in [5.41, 5.74) is 6.91. The Labute approximate surface area is 398 Å². The van der Waals surface area contributed by atoms with Gasteiger partial charge < -0.3 is 56.5 Å². The molecule has 4 aromatic rings. The van der Waals surface area contributed by atoms with Crippen molar-refractivity contribution in [3.63, 3.8) is 0 Å². The van der Waals surface area contributed by atoms with E-state index in [0.29, 0.717) is 33.9 Å². The number of hydrogen-bond donors (Lipinski definition) is 9. The normalized spacial score (nSPS) is 14.1. The lowest BCUT2D eigenvalue weighted by Crippen LogP contribution is -2.62. The average molecular weight is 940 g/mol. The zero-order valence-electron chi connectivity index (χ0n) is 40.2. The number of ether oxygens (including phenoxy) is 3. The lowest BCUT2D eigenvalue weighted by atomic mass is 9.67. The molecule has 0 bridgehead atoms. The van der Waals surface area contributed by atoms with Crippen LogP contribution in [0.3, 0.4) is 0 Å². The standard InChI is InChI=1S/C51H67N6O11/c1-29(2)43(49(64)55-28-34-18-22-37(68-9)25-40(34)59)57-50(65)44(53-26-32-15-19-35(66-7)20-16-32)45(60)38(23-31-13-11-10-12-14-31)56-48(63)42(51(4,5)6)41(30(3)46(52)61)47(62)54-27-33-17-21-36(67-8)24-39(33)58/h10-22,24-25,29-30,38,41,43-45,53,58-60H,23,26-28H2,1-9H3,(H2,52,61)(H,54,62)(H,55,64)(H,56,63)(H,57,65). The van der Waals surface area contributed by atoms with Crippen LogP contribution in [0.15, 0.2) is 91.0 Å². The molecule has 0 fully saturated rings. The van der Waals surface area contributed by atoms with Gasteiger partial charge in [-0.1, -0.05) is 84.0 Å². The molecule has 6 atom stereocenters. The van der Waals surface area contributed by atoms with E-state index in [0.717, 1.165) is 5.56 Å². The van der Waals surface area contributed by atoms with Gasteiger partial charge in [-0.25, -0.2) is 0 Å².